The molecule has 2 aromatic carbocycles. The van der Waals surface area contributed by atoms with Gasteiger partial charge in [0.25, 0.3) is 5.56 Å². The smallest absolute Gasteiger partial charge is 0.260 e. The van der Waals surface area contributed by atoms with Gasteiger partial charge in [0.2, 0.25) is 0 Å². The second-order valence-electron chi connectivity index (χ2n) is 6.96. The number of nitrogens with zero attached hydrogens (tertiary/aromatic N) is 3. The predicted molar refractivity (Wildman–Crippen MR) is 121 cm³/mol. The molecule has 0 unspecified atom stereocenters. The van der Waals surface area contributed by atoms with E-state index in [1.165, 1.54) is 16.9 Å². The Kier molecular flexibility index (Phi) is 4.94. The molecule has 5 rings (SSSR count). The maximum absolute atomic E-state index is 12.9. The summed E-state index contributed by atoms with van der Waals surface area (Å²) in [6.07, 6.45) is 4.17. The van der Waals surface area contributed by atoms with Crippen molar-refractivity contribution in [3.05, 3.63) is 105 Å². The molecule has 0 amide bonds. The Morgan fingerprint density at radius 3 is 2.67 bits per heavy atom. The first-order valence-corrected chi connectivity index (χ1v) is 10.7. The summed E-state index contributed by atoms with van der Waals surface area (Å²) in [4.78, 5) is 25.7. The molecular formula is C23H17ClN4OS. The molecule has 0 saturated heterocycles. The molecular weight excluding hydrogens is 416 g/mol. The van der Waals surface area contributed by atoms with Gasteiger partial charge in [-0.05, 0) is 11.6 Å². The molecule has 0 fully saturated rings. The van der Waals surface area contributed by atoms with Crippen LogP contribution in [0.3, 0.4) is 0 Å². The van der Waals surface area contributed by atoms with Gasteiger partial charge in [-0.2, -0.15) is 0 Å². The molecule has 1 N–H and O–H groups in total. The first-order chi connectivity index (χ1) is 14.7. The van der Waals surface area contributed by atoms with Crippen molar-refractivity contribution in [2.75, 3.05) is 0 Å². The summed E-state index contributed by atoms with van der Waals surface area (Å²) in [5.41, 5.74) is 2.68. The lowest BCUT2D eigenvalue weighted by Crippen LogP contribution is -2.14. The Morgan fingerprint density at radius 2 is 1.83 bits per heavy atom. The summed E-state index contributed by atoms with van der Waals surface area (Å²) in [6.45, 7) is 0.721. The van der Waals surface area contributed by atoms with E-state index in [1.54, 1.807) is 6.20 Å². The summed E-state index contributed by atoms with van der Waals surface area (Å²) in [5, 5.41) is 3.13. The van der Waals surface area contributed by atoms with Crippen molar-refractivity contribution in [3.8, 4) is 11.1 Å². The van der Waals surface area contributed by atoms with Gasteiger partial charge in [-0.1, -0.05) is 60.1 Å². The first kappa shape index (κ1) is 18.8. The first-order valence-electron chi connectivity index (χ1n) is 9.48. The number of rotatable bonds is 5. The largest absolute Gasteiger partial charge is 0.330 e. The lowest BCUT2D eigenvalue weighted by atomic mass is 10.1. The Morgan fingerprint density at radius 1 is 1.03 bits per heavy atom. The minimum atomic E-state index is -0.160. The summed E-state index contributed by atoms with van der Waals surface area (Å²) in [6, 6.07) is 17.7. The maximum Gasteiger partial charge on any atom is 0.260 e. The van der Waals surface area contributed by atoms with Crippen molar-refractivity contribution in [2.24, 2.45) is 0 Å². The number of halogens is 1. The van der Waals surface area contributed by atoms with Gasteiger partial charge in [0.05, 0.1) is 11.8 Å². The Labute approximate surface area is 181 Å². The second-order valence-corrected chi connectivity index (χ2v) is 8.22. The van der Waals surface area contributed by atoms with Gasteiger partial charge in [0, 0.05) is 40.5 Å². The van der Waals surface area contributed by atoms with E-state index in [4.69, 9.17) is 16.6 Å². The fraction of sp³-hybridized carbons (Fsp3) is 0.0870. The molecule has 148 valence electrons. The fourth-order valence-electron chi connectivity index (χ4n) is 3.54. The molecule has 0 saturated carbocycles. The number of aromatic amines is 1. The number of fused-ring (bicyclic) bond motifs is 1. The number of H-pyrrole nitrogens is 1. The standard InChI is InChI=1S/C23H17ClN4OS/c24-18-9-5-4-8-16(18)17-14-30-23-21(17)22(29)26-19(27-23)12-20-25-10-11-28(20)13-15-6-2-1-3-7-15/h1-11,14H,12-13H2,(H,26,27,29). The van der Waals surface area contributed by atoms with Crippen molar-refractivity contribution in [3.63, 3.8) is 0 Å². The van der Waals surface area contributed by atoms with Gasteiger partial charge >= 0.3 is 0 Å². The van der Waals surface area contributed by atoms with E-state index in [9.17, 15) is 4.79 Å². The van der Waals surface area contributed by atoms with E-state index >= 15 is 0 Å². The summed E-state index contributed by atoms with van der Waals surface area (Å²) in [5.74, 6) is 1.45. The number of imidazole rings is 1. The van der Waals surface area contributed by atoms with Crippen molar-refractivity contribution in [2.45, 2.75) is 13.0 Å². The molecule has 0 aliphatic carbocycles. The van der Waals surface area contributed by atoms with Crippen LogP contribution in [0.25, 0.3) is 21.3 Å². The number of nitrogens with one attached hydrogen (secondary N) is 1. The zero-order chi connectivity index (χ0) is 20.5. The van der Waals surface area contributed by atoms with Crippen molar-refractivity contribution in [1.82, 2.24) is 19.5 Å². The normalized spacial score (nSPS) is 11.2. The number of hydrogen-bond acceptors (Lipinski definition) is 4. The van der Waals surface area contributed by atoms with Gasteiger partial charge in [-0.15, -0.1) is 11.3 Å². The zero-order valence-corrected chi connectivity index (χ0v) is 17.5. The van der Waals surface area contributed by atoms with Crippen LogP contribution in [0.15, 0.2) is 77.2 Å². The van der Waals surface area contributed by atoms with Crippen LogP contribution >= 0.6 is 22.9 Å². The lowest BCUT2D eigenvalue weighted by molar-refractivity contribution is 0.728. The highest BCUT2D eigenvalue weighted by Gasteiger charge is 2.16. The molecule has 0 aliphatic heterocycles. The van der Waals surface area contributed by atoms with E-state index in [2.05, 4.69) is 26.7 Å². The van der Waals surface area contributed by atoms with Gasteiger partial charge in [0.1, 0.15) is 16.5 Å². The molecule has 0 aliphatic rings. The average Bonchev–Trinajstić information content (AvgIpc) is 3.36. The van der Waals surface area contributed by atoms with E-state index < -0.39 is 0 Å². The van der Waals surface area contributed by atoms with Crippen LogP contribution in [-0.2, 0) is 13.0 Å². The number of hydrogen-bond donors (Lipinski definition) is 1. The molecule has 3 aromatic heterocycles. The molecule has 0 spiro atoms. The third kappa shape index (κ3) is 3.56. The van der Waals surface area contributed by atoms with Crippen LogP contribution in [0.1, 0.15) is 17.2 Å². The topological polar surface area (TPSA) is 63.6 Å². The third-order valence-electron chi connectivity index (χ3n) is 4.98. The van der Waals surface area contributed by atoms with Crippen molar-refractivity contribution >= 4 is 33.2 Å². The van der Waals surface area contributed by atoms with Gasteiger partial charge in [-0.25, -0.2) is 9.97 Å². The molecule has 5 aromatic rings. The summed E-state index contributed by atoms with van der Waals surface area (Å²) < 4.78 is 2.07. The highest BCUT2D eigenvalue weighted by molar-refractivity contribution is 7.17. The van der Waals surface area contributed by atoms with Gasteiger partial charge < -0.3 is 9.55 Å². The molecule has 0 atom stereocenters. The Bertz CT molecular complexity index is 1390. The van der Waals surface area contributed by atoms with Crippen molar-refractivity contribution < 1.29 is 0 Å². The van der Waals surface area contributed by atoms with Crippen molar-refractivity contribution in [1.29, 1.82) is 0 Å². The van der Waals surface area contributed by atoms with Crippen LogP contribution in [0.5, 0.6) is 0 Å². The molecule has 0 radical (unpaired) electrons. The van der Waals surface area contributed by atoms with Gasteiger partial charge in [-0.3, -0.25) is 4.79 Å². The number of thiophene rings is 1. The van der Waals surface area contributed by atoms with Crippen LogP contribution in [0.4, 0.5) is 0 Å². The zero-order valence-electron chi connectivity index (χ0n) is 15.9. The second kappa shape index (κ2) is 7.89. The Balaban J connectivity index is 1.48. The predicted octanol–water partition coefficient (Wildman–Crippen LogP) is 5.14. The highest BCUT2D eigenvalue weighted by atomic mass is 35.5. The summed E-state index contributed by atoms with van der Waals surface area (Å²) >= 11 is 7.79. The van der Waals surface area contributed by atoms with Gasteiger partial charge in [0.15, 0.2) is 0 Å². The molecule has 5 nitrogen and oxygen atoms in total. The number of aromatic nitrogens is 4. The fourth-order valence-corrected chi connectivity index (χ4v) is 4.73. The van der Waals surface area contributed by atoms with E-state index in [1.807, 2.05) is 54.0 Å². The van der Waals surface area contributed by atoms with Crippen LogP contribution in [-0.4, -0.2) is 19.5 Å². The number of benzene rings is 2. The Hall–Kier alpha value is -3.22. The third-order valence-corrected chi connectivity index (χ3v) is 6.18. The molecule has 30 heavy (non-hydrogen) atoms. The SMILES string of the molecule is O=c1[nH]c(Cc2nccn2Cc2ccccc2)nc2scc(-c3ccccc3Cl)c12. The minimum Gasteiger partial charge on any atom is -0.330 e. The van der Waals surface area contributed by atoms with E-state index in [0.717, 1.165) is 23.5 Å². The highest BCUT2D eigenvalue weighted by Crippen LogP contribution is 2.34. The average molecular weight is 433 g/mol. The van der Waals surface area contributed by atoms with Crippen LogP contribution in [0, 0.1) is 0 Å². The molecule has 0 bridgehead atoms. The summed E-state index contributed by atoms with van der Waals surface area (Å²) in [7, 11) is 0. The monoisotopic (exact) mass is 432 g/mol. The van der Waals surface area contributed by atoms with E-state index in [0.29, 0.717) is 27.5 Å². The van der Waals surface area contributed by atoms with E-state index in [-0.39, 0.29) is 5.56 Å². The maximum atomic E-state index is 12.9. The van der Waals surface area contributed by atoms with Crippen LogP contribution < -0.4 is 5.56 Å². The molecule has 7 heteroatoms. The molecule has 3 heterocycles. The minimum absolute atomic E-state index is 0.160. The lowest BCUT2D eigenvalue weighted by Gasteiger charge is -2.08. The quantitative estimate of drug-likeness (QED) is 0.418. The van der Waals surface area contributed by atoms with Crippen LogP contribution in [0.2, 0.25) is 5.02 Å².